The Morgan fingerprint density at radius 1 is 1.10 bits per heavy atom. The maximum atomic E-state index is 12.7. The summed E-state index contributed by atoms with van der Waals surface area (Å²) in [5, 5.41) is 4.26. The highest BCUT2D eigenvalue weighted by Crippen LogP contribution is 2.30. The molecule has 210 valence electrons. The molecule has 3 aromatic rings. The Labute approximate surface area is 235 Å². The number of ether oxygens (including phenoxy) is 2. The molecule has 0 spiro atoms. The molecule has 0 radical (unpaired) electrons. The number of fused-ring (bicyclic) bond motifs is 1. The number of halogens is 2. The second-order valence-electron chi connectivity index (χ2n) is 8.45. The number of rotatable bonds is 5. The minimum Gasteiger partial charge on any atom is -0.495 e. The first-order valence-corrected chi connectivity index (χ1v) is 12.5. The quantitative estimate of drug-likeness (QED) is 0.354. The number of imidazole rings is 1. The summed E-state index contributed by atoms with van der Waals surface area (Å²) in [6.07, 6.45) is 24.1. The van der Waals surface area contributed by atoms with Crippen LogP contribution in [0.5, 0.6) is 11.5 Å². The van der Waals surface area contributed by atoms with Gasteiger partial charge in [0.1, 0.15) is 11.6 Å². The molecule has 9 heteroatoms. The van der Waals surface area contributed by atoms with E-state index in [9.17, 15) is 8.78 Å². The molecule has 5 rings (SSSR count). The lowest BCUT2D eigenvalue weighted by atomic mass is 10.00. The van der Waals surface area contributed by atoms with Crippen molar-refractivity contribution >= 4 is 11.9 Å². The summed E-state index contributed by atoms with van der Waals surface area (Å²) in [4.78, 5) is 11.9. The zero-order chi connectivity index (χ0) is 29.7. The fourth-order valence-electron chi connectivity index (χ4n) is 4.13. The Balaban J connectivity index is 0.000000314. The predicted molar refractivity (Wildman–Crippen MR) is 154 cm³/mol. The van der Waals surface area contributed by atoms with E-state index in [0.29, 0.717) is 6.61 Å². The summed E-state index contributed by atoms with van der Waals surface area (Å²) in [6.45, 7) is 7.12. The normalized spacial score (nSPS) is 15.9. The summed E-state index contributed by atoms with van der Waals surface area (Å²) < 4.78 is 37.4. The van der Waals surface area contributed by atoms with E-state index in [1.807, 2.05) is 24.6 Å². The zero-order valence-corrected chi connectivity index (χ0v) is 23.2. The fraction of sp³-hybridized carbons (Fsp3) is 0.290. The number of aromatic nitrogens is 2. The van der Waals surface area contributed by atoms with Crippen molar-refractivity contribution < 1.29 is 23.1 Å². The first-order chi connectivity index (χ1) is 19.4. The first kappa shape index (κ1) is 31.5. The van der Waals surface area contributed by atoms with Crippen LogP contribution in [0.25, 0.3) is 11.8 Å². The lowest BCUT2D eigenvalue weighted by Gasteiger charge is -2.28. The second kappa shape index (κ2) is 15.6. The van der Waals surface area contributed by atoms with Crippen LogP contribution in [0.4, 0.5) is 8.78 Å². The molecule has 0 bridgehead atoms. The van der Waals surface area contributed by atoms with Gasteiger partial charge in [-0.1, -0.05) is 11.2 Å². The van der Waals surface area contributed by atoms with Crippen LogP contribution in [0, 0.1) is 44.3 Å². The van der Waals surface area contributed by atoms with Crippen LogP contribution in [0.2, 0.25) is 0 Å². The summed E-state index contributed by atoms with van der Waals surface area (Å²) in [7, 11) is 1.69. The van der Waals surface area contributed by atoms with Gasteiger partial charge < -0.3 is 23.8 Å². The molecule has 1 aromatic heterocycles. The molecule has 2 aromatic carbocycles. The number of hydrogen-bond acceptors (Lipinski definition) is 6. The summed E-state index contributed by atoms with van der Waals surface area (Å²) in [5.41, 5.74) is 4.26. The third kappa shape index (κ3) is 7.87. The van der Waals surface area contributed by atoms with Crippen molar-refractivity contribution in [3.63, 3.8) is 0 Å². The number of methoxy groups -OCH3 is 1. The van der Waals surface area contributed by atoms with Gasteiger partial charge in [-0.15, -0.1) is 25.7 Å². The molecule has 0 saturated carbocycles. The van der Waals surface area contributed by atoms with Gasteiger partial charge in [-0.3, -0.25) is 0 Å². The van der Waals surface area contributed by atoms with E-state index in [-0.39, 0.29) is 12.0 Å². The molecule has 2 aliphatic rings. The minimum atomic E-state index is -0.660. The molecule has 1 fully saturated rings. The molecule has 7 nitrogen and oxygen atoms in total. The fourth-order valence-corrected chi connectivity index (χ4v) is 4.13. The van der Waals surface area contributed by atoms with Gasteiger partial charge in [-0.2, -0.15) is 0 Å². The van der Waals surface area contributed by atoms with Crippen molar-refractivity contribution in [3.8, 4) is 42.9 Å². The molecular weight excluding hydrogens is 514 g/mol. The predicted octanol–water partition coefficient (Wildman–Crippen LogP) is 6.22. The Bertz CT molecular complexity index is 1350. The topological polar surface area (TPSA) is 61.1 Å². The lowest BCUT2D eigenvalue weighted by molar-refractivity contribution is 0.0242. The highest BCUT2D eigenvalue weighted by atomic mass is 19.1. The maximum absolute atomic E-state index is 12.7. The molecule has 3 heterocycles. The number of terminal acetylenes is 2. The second-order valence-corrected chi connectivity index (χ2v) is 8.45. The van der Waals surface area contributed by atoms with Gasteiger partial charge in [0.05, 0.1) is 31.4 Å². The maximum Gasteiger partial charge on any atom is 0.198 e. The van der Waals surface area contributed by atoms with Gasteiger partial charge in [-0.05, 0) is 75.1 Å². The van der Waals surface area contributed by atoms with Crippen molar-refractivity contribution in [3.05, 3.63) is 77.4 Å². The molecule has 0 N–H and O–H groups in total. The smallest absolute Gasteiger partial charge is 0.198 e. The third-order valence-corrected chi connectivity index (χ3v) is 5.86. The van der Waals surface area contributed by atoms with Crippen LogP contribution < -0.4 is 9.47 Å². The van der Waals surface area contributed by atoms with Crippen molar-refractivity contribution in [1.82, 2.24) is 14.5 Å². The molecular formula is C31H34F2N4O3. The van der Waals surface area contributed by atoms with Crippen LogP contribution in [-0.4, -0.2) is 46.8 Å². The largest absolute Gasteiger partial charge is 0.495 e. The average Bonchev–Trinajstić information content (AvgIpc) is 3.59. The van der Waals surface area contributed by atoms with Gasteiger partial charge in [-0.25, -0.2) is 13.8 Å². The highest BCUT2D eigenvalue weighted by Gasteiger charge is 2.31. The SMILES string of the molecule is C#C.C#C.CCOc1ccc(F)cc1F.COc1cc(/C=C2\CCCN3C2=NO[C@H]3C)ccc1-n1cnc(C)c1. The van der Waals surface area contributed by atoms with Crippen molar-refractivity contribution in [2.75, 3.05) is 20.3 Å². The van der Waals surface area contributed by atoms with E-state index >= 15 is 0 Å². The standard InChI is InChI=1S/C19H22N4O2.C8H8F2O.2C2H2/c1-13-11-22(12-20-13)17-7-6-15(10-18(17)24-3)9-16-5-4-8-23-14(2)25-21-19(16)23;1-2-11-8-4-3-6(9)5-7(8)10;2*1-2/h6-7,9-12,14H,4-5,8H2,1-3H3;3-5H,2H2,1H3;2*1-2H/b16-9+;;;/t14-;;;/m0.../s1. The van der Waals surface area contributed by atoms with Gasteiger partial charge in [0, 0.05) is 18.8 Å². The van der Waals surface area contributed by atoms with Gasteiger partial charge in [0.15, 0.2) is 23.6 Å². The number of benzene rings is 2. The van der Waals surface area contributed by atoms with Crippen LogP contribution in [0.3, 0.4) is 0 Å². The number of piperidine rings is 1. The summed E-state index contributed by atoms with van der Waals surface area (Å²) >= 11 is 0. The molecule has 0 aliphatic carbocycles. The molecule has 2 aliphatic heterocycles. The molecule has 40 heavy (non-hydrogen) atoms. The Morgan fingerprint density at radius 2 is 1.85 bits per heavy atom. The first-order valence-electron chi connectivity index (χ1n) is 12.5. The van der Waals surface area contributed by atoms with Crippen LogP contribution in [0.15, 0.2) is 59.7 Å². The third-order valence-electron chi connectivity index (χ3n) is 5.86. The minimum absolute atomic E-state index is 0.0279. The summed E-state index contributed by atoms with van der Waals surface area (Å²) in [6, 6.07) is 9.44. The van der Waals surface area contributed by atoms with E-state index in [4.69, 9.17) is 14.3 Å². The number of oxime groups is 1. The van der Waals surface area contributed by atoms with Crippen LogP contribution in [0.1, 0.15) is 37.9 Å². The van der Waals surface area contributed by atoms with E-state index in [0.717, 1.165) is 60.0 Å². The van der Waals surface area contributed by atoms with E-state index in [2.05, 4.69) is 65.0 Å². The Hall–Kier alpha value is -4.76. The van der Waals surface area contributed by atoms with Crippen LogP contribution >= 0.6 is 0 Å². The van der Waals surface area contributed by atoms with Crippen molar-refractivity contribution in [1.29, 1.82) is 0 Å². The average molecular weight is 549 g/mol. The lowest BCUT2D eigenvalue weighted by Crippen LogP contribution is -2.38. The zero-order valence-electron chi connectivity index (χ0n) is 23.2. The highest BCUT2D eigenvalue weighted by molar-refractivity contribution is 6.03. The molecule has 0 unspecified atom stereocenters. The number of nitrogens with zero attached hydrogens (tertiary/aromatic N) is 4. The Kier molecular flexibility index (Phi) is 12.3. The van der Waals surface area contributed by atoms with E-state index in [1.54, 1.807) is 20.4 Å². The molecule has 1 saturated heterocycles. The van der Waals surface area contributed by atoms with Gasteiger partial charge in [0.2, 0.25) is 0 Å². The summed E-state index contributed by atoms with van der Waals surface area (Å²) in [5.74, 6) is 0.621. The number of amidine groups is 1. The monoisotopic (exact) mass is 548 g/mol. The van der Waals surface area contributed by atoms with Gasteiger partial charge >= 0.3 is 0 Å². The van der Waals surface area contributed by atoms with Crippen LogP contribution in [-0.2, 0) is 4.84 Å². The van der Waals surface area contributed by atoms with Gasteiger partial charge in [0.25, 0.3) is 0 Å². The number of aryl methyl sites for hydroxylation is 1. The van der Waals surface area contributed by atoms with E-state index in [1.165, 1.54) is 11.6 Å². The Morgan fingerprint density at radius 3 is 2.48 bits per heavy atom. The molecule has 0 amide bonds. The van der Waals surface area contributed by atoms with Crippen molar-refractivity contribution in [2.45, 2.75) is 39.8 Å². The number of hydrogen-bond donors (Lipinski definition) is 0. The molecule has 1 atom stereocenters. The van der Waals surface area contributed by atoms with Crippen molar-refractivity contribution in [2.24, 2.45) is 5.16 Å². The van der Waals surface area contributed by atoms with E-state index < -0.39 is 11.6 Å².